The Morgan fingerprint density at radius 2 is 0.778 bits per heavy atom. The first kappa shape index (κ1) is 25.2. The lowest BCUT2D eigenvalue weighted by atomic mass is 10.2. The van der Waals surface area contributed by atoms with Gasteiger partial charge in [-0.1, -0.05) is 0 Å². The predicted molar refractivity (Wildman–Crippen MR) is 109 cm³/mol. The van der Waals surface area contributed by atoms with E-state index in [1.807, 2.05) is 41.5 Å². The molecule has 0 amide bonds. The van der Waals surface area contributed by atoms with Crippen LogP contribution in [0.1, 0.15) is 54.4 Å². The van der Waals surface area contributed by atoms with Crippen molar-refractivity contribution in [1.82, 2.24) is 0 Å². The van der Waals surface area contributed by atoms with Gasteiger partial charge in [-0.25, -0.2) is 0 Å². The van der Waals surface area contributed by atoms with Gasteiger partial charge in [0.1, 0.15) is 0 Å². The highest BCUT2D eigenvalue weighted by Crippen LogP contribution is 2.35. The summed E-state index contributed by atoms with van der Waals surface area (Å²) < 4.78 is 41.4. The predicted octanol–water partition coefficient (Wildman–Crippen LogP) is 3.63. The van der Waals surface area contributed by atoms with E-state index in [2.05, 4.69) is 0 Å². The zero-order chi connectivity index (χ0) is 20.2. The standard InChI is InChI=1S/C18H40O7Si2/c1-7-19-26(20-8-2,21-9-3)15-13-17-18(25-17)14-16-27(22-10-4,23-11-5)24-12-6/h17-18H,7-16H2,1-6H3. The molecule has 27 heavy (non-hydrogen) atoms. The maximum Gasteiger partial charge on any atom is 0.501 e. The van der Waals surface area contributed by atoms with Crippen molar-refractivity contribution >= 4 is 17.6 Å². The molecule has 0 N–H and O–H groups in total. The molecule has 0 aromatic carbocycles. The van der Waals surface area contributed by atoms with E-state index >= 15 is 0 Å². The Morgan fingerprint density at radius 3 is 1.00 bits per heavy atom. The summed E-state index contributed by atoms with van der Waals surface area (Å²) in [6.45, 7) is 15.5. The first-order valence-corrected chi connectivity index (χ1v) is 14.4. The molecule has 0 aromatic rings. The van der Waals surface area contributed by atoms with Crippen molar-refractivity contribution in [1.29, 1.82) is 0 Å². The van der Waals surface area contributed by atoms with Crippen molar-refractivity contribution in [2.24, 2.45) is 0 Å². The number of rotatable bonds is 18. The minimum absolute atomic E-state index is 0.231. The molecule has 0 radical (unpaired) electrons. The van der Waals surface area contributed by atoms with Gasteiger partial charge in [0.15, 0.2) is 0 Å². The maximum absolute atomic E-state index is 5.92. The molecule has 9 heteroatoms. The molecule has 7 nitrogen and oxygen atoms in total. The summed E-state index contributed by atoms with van der Waals surface area (Å²) in [7, 11) is -5.18. The third kappa shape index (κ3) is 8.59. The van der Waals surface area contributed by atoms with Crippen molar-refractivity contribution < 1.29 is 31.3 Å². The van der Waals surface area contributed by atoms with Crippen LogP contribution in [0.5, 0.6) is 0 Å². The molecular weight excluding hydrogens is 384 g/mol. The summed E-state index contributed by atoms with van der Waals surface area (Å²) in [6, 6.07) is 1.57. The van der Waals surface area contributed by atoms with E-state index in [1.165, 1.54) is 0 Å². The smallest absolute Gasteiger partial charge is 0.374 e. The molecule has 0 aliphatic carbocycles. The number of epoxide rings is 1. The van der Waals surface area contributed by atoms with E-state index in [9.17, 15) is 0 Å². The second-order valence-corrected chi connectivity index (χ2v) is 11.7. The molecular formula is C18H40O7Si2. The van der Waals surface area contributed by atoms with Gasteiger partial charge in [-0.2, -0.15) is 0 Å². The third-order valence-corrected chi connectivity index (χ3v) is 10.5. The lowest BCUT2D eigenvalue weighted by Gasteiger charge is -2.28. The Labute approximate surface area is 167 Å². The van der Waals surface area contributed by atoms with Crippen LogP contribution >= 0.6 is 0 Å². The molecule has 1 aliphatic heterocycles. The average Bonchev–Trinajstić information content (AvgIpc) is 3.38. The summed E-state index contributed by atoms with van der Waals surface area (Å²) in [6.07, 6.45) is 2.25. The molecule has 1 rings (SSSR count). The quantitative estimate of drug-likeness (QED) is 0.246. The fraction of sp³-hybridized carbons (Fsp3) is 1.00. The zero-order valence-electron chi connectivity index (χ0n) is 18.1. The van der Waals surface area contributed by atoms with E-state index < -0.39 is 17.6 Å². The normalized spacial score (nSPS) is 20.2. The molecule has 1 heterocycles. The van der Waals surface area contributed by atoms with Crippen molar-refractivity contribution in [3.8, 4) is 0 Å². The SMILES string of the molecule is CCO[Si](CCC1OC1CC[Si](OCC)(OCC)OCC)(OCC)OCC. The van der Waals surface area contributed by atoms with Crippen LogP contribution in [-0.2, 0) is 31.3 Å². The van der Waals surface area contributed by atoms with Gasteiger partial charge in [0, 0.05) is 51.7 Å². The minimum Gasteiger partial charge on any atom is -0.374 e. The van der Waals surface area contributed by atoms with Gasteiger partial charge in [-0.05, 0) is 54.4 Å². The highest BCUT2D eigenvalue weighted by Gasteiger charge is 2.48. The van der Waals surface area contributed by atoms with E-state index in [4.69, 9.17) is 31.3 Å². The topological polar surface area (TPSA) is 67.9 Å². The van der Waals surface area contributed by atoms with Gasteiger partial charge in [0.25, 0.3) is 0 Å². The van der Waals surface area contributed by atoms with Crippen LogP contribution in [-0.4, -0.2) is 69.5 Å². The fourth-order valence-corrected chi connectivity index (χ4v) is 8.61. The van der Waals surface area contributed by atoms with Gasteiger partial charge in [0.05, 0.1) is 12.2 Å². The molecule has 2 atom stereocenters. The molecule has 0 aromatic heterocycles. The summed E-state index contributed by atoms with van der Waals surface area (Å²) in [5.74, 6) is 0. The summed E-state index contributed by atoms with van der Waals surface area (Å²) in [5.41, 5.74) is 0. The van der Waals surface area contributed by atoms with Crippen molar-refractivity contribution in [3.05, 3.63) is 0 Å². The molecule has 1 fully saturated rings. The van der Waals surface area contributed by atoms with Crippen LogP contribution in [0.15, 0.2) is 0 Å². The molecule has 162 valence electrons. The van der Waals surface area contributed by atoms with E-state index in [0.29, 0.717) is 39.6 Å². The van der Waals surface area contributed by atoms with Gasteiger partial charge < -0.3 is 31.3 Å². The van der Waals surface area contributed by atoms with Gasteiger partial charge in [0.2, 0.25) is 0 Å². The number of hydrogen-bond donors (Lipinski definition) is 0. The van der Waals surface area contributed by atoms with E-state index in [-0.39, 0.29) is 12.2 Å². The molecule has 0 spiro atoms. The van der Waals surface area contributed by atoms with Gasteiger partial charge in [-0.3, -0.25) is 0 Å². The Morgan fingerprint density at radius 1 is 0.519 bits per heavy atom. The first-order chi connectivity index (χ1) is 13.0. The fourth-order valence-electron chi connectivity index (χ4n) is 3.33. The first-order valence-electron chi connectivity index (χ1n) is 10.5. The van der Waals surface area contributed by atoms with Crippen molar-refractivity contribution in [3.63, 3.8) is 0 Å². The second-order valence-electron chi connectivity index (χ2n) is 6.25. The Kier molecular flexibility index (Phi) is 12.5. The Hall–Kier alpha value is 0.154. The Balaban J connectivity index is 2.51. The average molecular weight is 425 g/mol. The summed E-state index contributed by atoms with van der Waals surface area (Å²) >= 11 is 0. The van der Waals surface area contributed by atoms with Crippen LogP contribution in [0.2, 0.25) is 12.1 Å². The monoisotopic (exact) mass is 424 g/mol. The summed E-state index contributed by atoms with van der Waals surface area (Å²) in [4.78, 5) is 0. The lowest BCUT2D eigenvalue weighted by Crippen LogP contribution is -2.46. The van der Waals surface area contributed by atoms with E-state index in [0.717, 1.165) is 24.9 Å². The van der Waals surface area contributed by atoms with E-state index in [1.54, 1.807) is 0 Å². The van der Waals surface area contributed by atoms with Crippen molar-refractivity contribution in [2.45, 2.75) is 78.7 Å². The number of hydrogen-bond acceptors (Lipinski definition) is 7. The maximum atomic E-state index is 5.92. The van der Waals surface area contributed by atoms with Crippen LogP contribution in [0.3, 0.4) is 0 Å². The largest absolute Gasteiger partial charge is 0.501 e. The van der Waals surface area contributed by atoms with Gasteiger partial charge >= 0.3 is 17.6 Å². The zero-order valence-corrected chi connectivity index (χ0v) is 20.1. The second kappa shape index (κ2) is 13.4. The van der Waals surface area contributed by atoms with Gasteiger partial charge in [-0.15, -0.1) is 0 Å². The van der Waals surface area contributed by atoms with Crippen LogP contribution < -0.4 is 0 Å². The summed E-state index contributed by atoms with van der Waals surface area (Å²) in [5, 5.41) is 0. The van der Waals surface area contributed by atoms with Crippen molar-refractivity contribution in [2.75, 3.05) is 39.6 Å². The van der Waals surface area contributed by atoms with Crippen LogP contribution in [0, 0.1) is 0 Å². The molecule has 0 saturated carbocycles. The highest BCUT2D eigenvalue weighted by molar-refractivity contribution is 6.61. The molecule has 1 aliphatic rings. The highest BCUT2D eigenvalue weighted by atomic mass is 28.4. The minimum atomic E-state index is -2.59. The molecule has 2 unspecified atom stereocenters. The molecule has 0 bridgehead atoms. The third-order valence-electron chi connectivity index (χ3n) is 4.34. The lowest BCUT2D eigenvalue weighted by molar-refractivity contribution is 0.0694. The van der Waals surface area contributed by atoms with Crippen LogP contribution in [0.25, 0.3) is 0 Å². The number of ether oxygens (including phenoxy) is 1. The Bertz CT molecular complexity index is 319. The molecule has 1 saturated heterocycles. The van der Waals surface area contributed by atoms with Crippen LogP contribution in [0.4, 0.5) is 0 Å².